The summed E-state index contributed by atoms with van der Waals surface area (Å²) in [4.78, 5) is 0. The van der Waals surface area contributed by atoms with Crippen molar-refractivity contribution < 1.29 is 13.2 Å². The first-order valence-corrected chi connectivity index (χ1v) is 6.80. The number of allylic oxidation sites excluding steroid dienone is 1. The van der Waals surface area contributed by atoms with Crippen LogP contribution < -0.4 is 5.32 Å². The first-order chi connectivity index (χ1) is 8.75. The Morgan fingerprint density at radius 3 is 2.47 bits per heavy atom. The normalized spacial score (nSPS) is 13.2. The van der Waals surface area contributed by atoms with E-state index in [1.165, 1.54) is 6.07 Å². The fourth-order valence-corrected chi connectivity index (χ4v) is 2.22. The first-order valence-electron chi connectivity index (χ1n) is 6.00. The van der Waals surface area contributed by atoms with Crippen molar-refractivity contribution in [3.8, 4) is 0 Å². The summed E-state index contributed by atoms with van der Waals surface area (Å²) < 4.78 is 39.7. The summed E-state index contributed by atoms with van der Waals surface area (Å²) in [6.45, 7) is 6.21. The molecule has 0 heterocycles. The molecule has 1 aromatic rings. The Bertz CT molecular complexity index is 462. The molecule has 0 aliphatic carbocycles. The van der Waals surface area contributed by atoms with Crippen LogP contribution in [0, 0.1) is 0 Å². The maximum Gasteiger partial charge on any atom is 0.416 e. The summed E-state index contributed by atoms with van der Waals surface area (Å²) in [5, 5.41) is 3.07. The molecule has 0 spiro atoms. The van der Waals surface area contributed by atoms with Gasteiger partial charge in [0.05, 0.1) is 11.6 Å². The van der Waals surface area contributed by atoms with Crippen LogP contribution in [0.1, 0.15) is 37.9 Å². The summed E-state index contributed by atoms with van der Waals surface area (Å²) in [6, 6.07) is 3.84. The molecule has 0 bridgehead atoms. The van der Waals surface area contributed by atoms with E-state index < -0.39 is 17.8 Å². The van der Waals surface area contributed by atoms with Gasteiger partial charge < -0.3 is 5.32 Å². The Kier molecular flexibility index (Phi) is 5.62. The highest BCUT2D eigenvalue weighted by molar-refractivity contribution is 9.10. The van der Waals surface area contributed by atoms with E-state index >= 15 is 0 Å². The molecule has 106 valence electrons. The molecule has 1 aromatic carbocycles. The molecule has 1 unspecified atom stereocenters. The molecule has 0 aromatic heterocycles. The molecule has 1 atom stereocenters. The maximum absolute atomic E-state index is 13.1. The van der Waals surface area contributed by atoms with E-state index in [4.69, 9.17) is 0 Å². The Morgan fingerprint density at radius 1 is 1.37 bits per heavy atom. The third kappa shape index (κ3) is 4.66. The van der Waals surface area contributed by atoms with Crippen LogP contribution in [0.25, 0.3) is 0 Å². The van der Waals surface area contributed by atoms with E-state index in [-0.39, 0.29) is 5.56 Å². The lowest BCUT2D eigenvalue weighted by Crippen LogP contribution is -2.22. The zero-order valence-electron chi connectivity index (χ0n) is 11.1. The van der Waals surface area contributed by atoms with Gasteiger partial charge in [-0.1, -0.05) is 40.6 Å². The van der Waals surface area contributed by atoms with E-state index in [0.29, 0.717) is 11.0 Å². The Morgan fingerprint density at radius 2 is 2.00 bits per heavy atom. The lowest BCUT2D eigenvalue weighted by Gasteiger charge is -2.20. The number of alkyl halides is 3. The molecular weight excluding hydrogens is 319 g/mol. The number of rotatable bonds is 4. The van der Waals surface area contributed by atoms with Crippen LogP contribution in [0.3, 0.4) is 0 Å². The molecule has 0 aliphatic heterocycles. The number of halogens is 4. The van der Waals surface area contributed by atoms with Gasteiger partial charge in [-0.15, -0.1) is 0 Å². The average molecular weight is 336 g/mol. The Balaban J connectivity index is 3.34. The highest BCUT2D eigenvalue weighted by Gasteiger charge is 2.34. The molecule has 0 aliphatic rings. The number of benzene rings is 1. The van der Waals surface area contributed by atoms with Crippen LogP contribution in [0.4, 0.5) is 13.2 Å². The minimum atomic E-state index is -4.36. The summed E-state index contributed by atoms with van der Waals surface area (Å²) in [5.74, 6) is 0. The van der Waals surface area contributed by atoms with Crippen molar-refractivity contribution in [1.82, 2.24) is 5.32 Å². The van der Waals surface area contributed by atoms with Gasteiger partial charge in [0.2, 0.25) is 0 Å². The molecule has 1 rings (SSSR count). The van der Waals surface area contributed by atoms with Gasteiger partial charge in [0.1, 0.15) is 0 Å². The fraction of sp³-hybridized carbons (Fsp3) is 0.429. The summed E-state index contributed by atoms with van der Waals surface area (Å²) in [5.41, 5.74) is 0.617. The van der Waals surface area contributed by atoms with Crippen molar-refractivity contribution in [2.45, 2.75) is 33.0 Å². The van der Waals surface area contributed by atoms with Crippen molar-refractivity contribution in [2.75, 3.05) is 6.54 Å². The van der Waals surface area contributed by atoms with Crippen LogP contribution in [-0.4, -0.2) is 6.54 Å². The van der Waals surface area contributed by atoms with Gasteiger partial charge in [-0.2, -0.15) is 13.2 Å². The SMILES string of the molecule is CCNC(C=C(C)C)c1ccc(Br)cc1C(F)(F)F. The minimum absolute atomic E-state index is 0.249. The van der Waals surface area contributed by atoms with E-state index in [2.05, 4.69) is 21.2 Å². The quantitative estimate of drug-likeness (QED) is 0.756. The number of hydrogen-bond donors (Lipinski definition) is 1. The van der Waals surface area contributed by atoms with Crippen LogP contribution in [0.2, 0.25) is 0 Å². The van der Waals surface area contributed by atoms with Crippen molar-refractivity contribution in [1.29, 1.82) is 0 Å². The standard InChI is InChI=1S/C14H17BrF3N/c1-4-19-13(7-9(2)3)11-6-5-10(15)8-12(11)14(16,17)18/h5-8,13,19H,4H2,1-3H3. The van der Waals surface area contributed by atoms with Crippen LogP contribution in [0.5, 0.6) is 0 Å². The molecule has 0 radical (unpaired) electrons. The topological polar surface area (TPSA) is 12.0 Å². The molecule has 19 heavy (non-hydrogen) atoms. The molecule has 0 fully saturated rings. The van der Waals surface area contributed by atoms with Gasteiger partial charge in [0, 0.05) is 4.47 Å². The molecular formula is C14H17BrF3N. The molecule has 1 N–H and O–H groups in total. The summed E-state index contributed by atoms with van der Waals surface area (Å²) >= 11 is 3.09. The molecule has 5 heteroatoms. The third-order valence-corrected chi connectivity index (χ3v) is 3.07. The second kappa shape index (κ2) is 6.57. The van der Waals surface area contributed by atoms with Crippen LogP contribution in [0.15, 0.2) is 34.3 Å². The van der Waals surface area contributed by atoms with Gasteiger partial charge in [-0.25, -0.2) is 0 Å². The minimum Gasteiger partial charge on any atom is -0.307 e. The lowest BCUT2D eigenvalue weighted by atomic mass is 9.98. The average Bonchev–Trinajstić information content (AvgIpc) is 2.26. The van der Waals surface area contributed by atoms with Gasteiger partial charge >= 0.3 is 6.18 Å². The molecule has 0 amide bonds. The number of nitrogens with one attached hydrogen (secondary N) is 1. The van der Waals surface area contributed by atoms with E-state index in [9.17, 15) is 13.2 Å². The van der Waals surface area contributed by atoms with E-state index in [1.807, 2.05) is 26.8 Å². The van der Waals surface area contributed by atoms with Gasteiger partial charge in [0.25, 0.3) is 0 Å². The summed E-state index contributed by atoms with van der Waals surface area (Å²) in [6.07, 6.45) is -2.55. The molecule has 0 saturated heterocycles. The number of hydrogen-bond acceptors (Lipinski definition) is 1. The zero-order valence-corrected chi connectivity index (χ0v) is 12.7. The van der Waals surface area contributed by atoms with Gasteiger partial charge in [-0.3, -0.25) is 0 Å². The maximum atomic E-state index is 13.1. The predicted molar refractivity (Wildman–Crippen MR) is 75.0 cm³/mol. The van der Waals surface area contributed by atoms with E-state index in [1.54, 1.807) is 6.07 Å². The van der Waals surface area contributed by atoms with Crippen LogP contribution in [-0.2, 0) is 6.18 Å². The second-order valence-electron chi connectivity index (χ2n) is 4.51. The highest BCUT2D eigenvalue weighted by Crippen LogP contribution is 2.36. The van der Waals surface area contributed by atoms with Gasteiger partial charge in [0.15, 0.2) is 0 Å². The van der Waals surface area contributed by atoms with Crippen molar-refractivity contribution in [2.24, 2.45) is 0 Å². The predicted octanol–water partition coefficient (Wildman–Crippen LogP) is 5.08. The van der Waals surface area contributed by atoms with Gasteiger partial charge in [-0.05, 0) is 38.1 Å². The molecule has 0 saturated carbocycles. The van der Waals surface area contributed by atoms with Crippen molar-refractivity contribution in [3.05, 3.63) is 45.4 Å². The van der Waals surface area contributed by atoms with Crippen molar-refractivity contribution in [3.63, 3.8) is 0 Å². The zero-order chi connectivity index (χ0) is 14.6. The lowest BCUT2D eigenvalue weighted by molar-refractivity contribution is -0.138. The fourth-order valence-electron chi connectivity index (χ4n) is 1.86. The first kappa shape index (κ1) is 16.2. The highest BCUT2D eigenvalue weighted by atomic mass is 79.9. The second-order valence-corrected chi connectivity index (χ2v) is 5.42. The van der Waals surface area contributed by atoms with E-state index in [0.717, 1.165) is 11.6 Å². The van der Waals surface area contributed by atoms with Crippen LogP contribution >= 0.6 is 15.9 Å². The number of likely N-dealkylation sites (N-methyl/N-ethyl adjacent to an activating group) is 1. The smallest absolute Gasteiger partial charge is 0.307 e. The molecule has 1 nitrogen and oxygen atoms in total. The largest absolute Gasteiger partial charge is 0.416 e. The Labute approximate surface area is 120 Å². The third-order valence-electron chi connectivity index (χ3n) is 2.58. The Hall–Kier alpha value is -0.810. The summed E-state index contributed by atoms with van der Waals surface area (Å²) in [7, 11) is 0. The monoisotopic (exact) mass is 335 g/mol. The van der Waals surface area contributed by atoms with Crippen molar-refractivity contribution >= 4 is 15.9 Å².